The first kappa shape index (κ1) is 13.5. The average molecular weight is 236 g/mol. The van der Waals surface area contributed by atoms with E-state index >= 15 is 0 Å². The quantitative estimate of drug-likeness (QED) is 0.755. The maximum Gasteiger partial charge on any atom is 0.136 e. The number of nitrogens with two attached hydrogens (primary N) is 1. The third-order valence-electron chi connectivity index (χ3n) is 2.70. The molecular weight excluding hydrogens is 216 g/mol. The molecule has 0 heterocycles. The number of aryl methyl sites for hydroxylation is 1. The van der Waals surface area contributed by atoms with Gasteiger partial charge in [-0.25, -0.2) is 0 Å². The highest BCUT2D eigenvalue weighted by atomic mass is 16.5. The third-order valence-corrected chi connectivity index (χ3v) is 2.70. The monoisotopic (exact) mass is 236 g/mol. The Balaban J connectivity index is 2.86. The van der Waals surface area contributed by atoms with Gasteiger partial charge in [-0.15, -0.1) is 0 Å². The van der Waals surface area contributed by atoms with Crippen molar-refractivity contribution in [1.82, 2.24) is 0 Å². The minimum atomic E-state index is -0.382. The Labute approximate surface area is 102 Å². The molecule has 0 fully saturated rings. The van der Waals surface area contributed by atoms with Gasteiger partial charge in [-0.05, 0) is 24.5 Å². The number of hydrogen-bond acceptors (Lipinski definition) is 4. The molecule has 0 saturated carbocycles. The Morgan fingerprint density at radius 3 is 2.71 bits per heavy atom. The van der Waals surface area contributed by atoms with Crippen molar-refractivity contribution in [2.24, 2.45) is 5.73 Å². The number of hydrogen-bond donors (Lipinski definition) is 1. The Morgan fingerprint density at radius 1 is 1.47 bits per heavy atom. The molecular formula is C13H20N2O2. The number of carbonyl (C=O) groups is 1. The molecule has 1 aromatic carbocycles. The molecule has 0 saturated heterocycles. The lowest BCUT2D eigenvalue weighted by Gasteiger charge is -2.19. The zero-order chi connectivity index (χ0) is 12.8. The van der Waals surface area contributed by atoms with Crippen LogP contribution in [0.1, 0.15) is 12.0 Å². The molecule has 0 aliphatic heterocycles. The largest absolute Gasteiger partial charge is 0.497 e. The first-order valence-corrected chi connectivity index (χ1v) is 5.63. The minimum absolute atomic E-state index is 0.382. The standard InChI is InChI=1S/C13H20N2O2/c1-15(2)13-8-12(17-3)7-5-10(13)4-6-11(14)9-16/h5,7-9,11H,4,6,14H2,1-3H3/t11-/m0/s1. The van der Waals surface area contributed by atoms with Gasteiger partial charge in [0.15, 0.2) is 0 Å². The second-order valence-corrected chi connectivity index (χ2v) is 4.23. The first-order valence-electron chi connectivity index (χ1n) is 5.63. The summed E-state index contributed by atoms with van der Waals surface area (Å²) in [6.07, 6.45) is 2.24. The zero-order valence-corrected chi connectivity index (χ0v) is 10.6. The van der Waals surface area contributed by atoms with E-state index in [1.807, 2.05) is 37.2 Å². The molecule has 94 valence electrons. The summed E-state index contributed by atoms with van der Waals surface area (Å²) in [4.78, 5) is 12.5. The second kappa shape index (κ2) is 6.25. The molecule has 0 radical (unpaired) electrons. The lowest BCUT2D eigenvalue weighted by Crippen LogP contribution is -2.22. The minimum Gasteiger partial charge on any atom is -0.497 e. The molecule has 0 unspecified atom stereocenters. The van der Waals surface area contributed by atoms with Gasteiger partial charge in [0, 0.05) is 25.8 Å². The van der Waals surface area contributed by atoms with Gasteiger partial charge in [-0.1, -0.05) is 6.07 Å². The van der Waals surface area contributed by atoms with Crippen molar-refractivity contribution >= 4 is 12.0 Å². The van der Waals surface area contributed by atoms with Crippen LogP contribution in [0.25, 0.3) is 0 Å². The number of carbonyl (C=O) groups excluding carboxylic acids is 1. The van der Waals surface area contributed by atoms with E-state index in [-0.39, 0.29) is 6.04 Å². The Hall–Kier alpha value is -1.55. The maximum atomic E-state index is 10.5. The second-order valence-electron chi connectivity index (χ2n) is 4.23. The molecule has 4 nitrogen and oxygen atoms in total. The number of nitrogens with zero attached hydrogens (tertiary/aromatic N) is 1. The number of ether oxygens (including phenoxy) is 1. The topological polar surface area (TPSA) is 55.6 Å². The molecule has 1 aromatic rings. The zero-order valence-electron chi connectivity index (χ0n) is 10.6. The van der Waals surface area contributed by atoms with Crippen LogP contribution in [0.15, 0.2) is 18.2 Å². The maximum absolute atomic E-state index is 10.5. The summed E-state index contributed by atoms with van der Waals surface area (Å²) >= 11 is 0. The van der Waals surface area contributed by atoms with Crippen LogP contribution in [-0.2, 0) is 11.2 Å². The Morgan fingerprint density at radius 2 is 2.18 bits per heavy atom. The molecule has 1 atom stereocenters. The van der Waals surface area contributed by atoms with Crippen LogP contribution in [0.3, 0.4) is 0 Å². The van der Waals surface area contributed by atoms with Crippen LogP contribution in [0.4, 0.5) is 5.69 Å². The highest BCUT2D eigenvalue weighted by molar-refractivity contribution is 5.59. The molecule has 0 aliphatic carbocycles. The summed E-state index contributed by atoms with van der Waals surface area (Å²) in [5.41, 5.74) is 7.87. The van der Waals surface area contributed by atoms with Gasteiger partial charge in [0.1, 0.15) is 12.0 Å². The Bertz CT molecular complexity index is 378. The summed E-state index contributed by atoms with van der Waals surface area (Å²) in [6, 6.07) is 5.55. The molecule has 0 aliphatic rings. The van der Waals surface area contributed by atoms with Gasteiger partial charge in [-0.3, -0.25) is 0 Å². The number of methoxy groups -OCH3 is 1. The van der Waals surface area contributed by atoms with E-state index in [1.165, 1.54) is 5.56 Å². The van der Waals surface area contributed by atoms with Crippen molar-refractivity contribution in [2.45, 2.75) is 18.9 Å². The van der Waals surface area contributed by atoms with Gasteiger partial charge in [-0.2, -0.15) is 0 Å². The first-order chi connectivity index (χ1) is 8.08. The summed E-state index contributed by atoms with van der Waals surface area (Å²) in [5.74, 6) is 0.831. The van der Waals surface area contributed by atoms with Crippen LogP contribution in [0.5, 0.6) is 5.75 Å². The lowest BCUT2D eigenvalue weighted by atomic mass is 10.0. The van der Waals surface area contributed by atoms with Gasteiger partial charge < -0.3 is 20.2 Å². The van der Waals surface area contributed by atoms with Crippen molar-refractivity contribution < 1.29 is 9.53 Å². The van der Waals surface area contributed by atoms with Crippen LogP contribution < -0.4 is 15.4 Å². The summed E-state index contributed by atoms with van der Waals surface area (Å²) in [5, 5.41) is 0. The summed E-state index contributed by atoms with van der Waals surface area (Å²) < 4.78 is 5.20. The van der Waals surface area contributed by atoms with Crippen LogP contribution in [-0.4, -0.2) is 33.5 Å². The molecule has 17 heavy (non-hydrogen) atoms. The molecule has 4 heteroatoms. The van der Waals surface area contributed by atoms with Gasteiger partial charge in [0.05, 0.1) is 13.2 Å². The van der Waals surface area contributed by atoms with Crippen molar-refractivity contribution in [3.8, 4) is 5.75 Å². The normalized spacial score (nSPS) is 12.0. The molecule has 0 amide bonds. The van der Waals surface area contributed by atoms with Crippen molar-refractivity contribution in [1.29, 1.82) is 0 Å². The number of rotatable bonds is 6. The van der Waals surface area contributed by atoms with E-state index in [9.17, 15) is 4.79 Å². The lowest BCUT2D eigenvalue weighted by molar-refractivity contribution is -0.109. The van der Waals surface area contributed by atoms with E-state index < -0.39 is 0 Å². The van der Waals surface area contributed by atoms with Crippen LogP contribution >= 0.6 is 0 Å². The van der Waals surface area contributed by atoms with E-state index in [0.717, 1.165) is 24.1 Å². The molecule has 1 rings (SSSR count). The van der Waals surface area contributed by atoms with Gasteiger partial charge >= 0.3 is 0 Å². The van der Waals surface area contributed by atoms with E-state index in [2.05, 4.69) is 0 Å². The molecule has 0 bridgehead atoms. The number of aldehydes is 1. The Kier molecular flexibility index (Phi) is 4.97. The molecule has 2 N–H and O–H groups in total. The number of anilines is 1. The van der Waals surface area contributed by atoms with Crippen LogP contribution in [0.2, 0.25) is 0 Å². The van der Waals surface area contributed by atoms with Crippen molar-refractivity contribution in [3.63, 3.8) is 0 Å². The van der Waals surface area contributed by atoms with E-state index in [1.54, 1.807) is 7.11 Å². The average Bonchev–Trinajstić information content (AvgIpc) is 2.35. The summed E-state index contributed by atoms with van der Waals surface area (Å²) in [6.45, 7) is 0. The fraction of sp³-hybridized carbons (Fsp3) is 0.462. The number of benzene rings is 1. The molecule has 0 aromatic heterocycles. The van der Waals surface area contributed by atoms with Crippen molar-refractivity contribution in [2.75, 3.05) is 26.1 Å². The fourth-order valence-electron chi connectivity index (χ4n) is 1.69. The highest BCUT2D eigenvalue weighted by Crippen LogP contribution is 2.25. The fourth-order valence-corrected chi connectivity index (χ4v) is 1.69. The van der Waals surface area contributed by atoms with Crippen LogP contribution in [0, 0.1) is 0 Å². The smallest absolute Gasteiger partial charge is 0.136 e. The van der Waals surface area contributed by atoms with E-state index in [4.69, 9.17) is 10.5 Å². The van der Waals surface area contributed by atoms with Gasteiger partial charge in [0.2, 0.25) is 0 Å². The predicted molar refractivity (Wildman–Crippen MR) is 69.7 cm³/mol. The van der Waals surface area contributed by atoms with Gasteiger partial charge in [0.25, 0.3) is 0 Å². The third kappa shape index (κ3) is 3.75. The predicted octanol–water partition coefficient (Wildman–Crippen LogP) is 1.22. The van der Waals surface area contributed by atoms with E-state index in [0.29, 0.717) is 6.42 Å². The van der Waals surface area contributed by atoms with Crippen molar-refractivity contribution in [3.05, 3.63) is 23.8 Å². The SMILES string of the molecule is COc1ccc(CC[C@H](N)C=O)c(N(C)C)c1. The molecule has 0 spiro atoms. The highest BCUT2D eigenvalue weighted by Gasteiger charge is 2.08. The summed E-state index contributed by atoms with van der Waals surface area (Å²) in [7, 11) is 5.62.